The van der Waals surface area contributed by atoms with Crippen molar-refractivity contribution >= 4 is 0 Å². The Labute approximate surface area is 193 Å². The van der Waals surface area contributed by atoms with E-state index in [9.17, 15) is 0 Å². The van der Waals surface area contributed by atoms with Crippen molar-refractivity contribution in [1.29, 1.82) is 0 Å². The van der Waals surface area contributed by atoms with Gasteiger partial charge in [-0.25, -0.2) is 0 Å². The molecule has 0 aromatic heterocycles. The highest BCUT2D eigenvalue weighted by atomic mass is 15.0. The minimum atomic E-state index is 0.685. The van der Waals surface area contributed by atoms with E-state index in [1.54, 1.807) is 0 Å². The molecule has 0 heterocycles. The van der Waals surface area contributed by atoms with Crippen molar-refractivity contribution in [3.05, 3.63) is 0 Å². The lowest BCUT2D eigenvalue weighted by Crippen LogP contribution is -2.20. The van der Waals surface area contributed by atoms with Crippen LogP contribution in [0.4, 0.5) is 0 Å². The summed E-state index contributed by atoms with van der Waals surface area (Å²) in [4.78, 5) is 2.30. The van der Waals surface area contributed by atoms with E-state index in [4.69, 9.17) is 0 Å². The Morgan fingerprint density at radius 1 is 0.400 bits per heavy atom. The normalized spacial score (nSPS) is 12.2. The van der Waals surface area contributed by atoms with Crippen LogP contribution in [0.1, 0.15) is 162 Å². The van der Waals surface area contributed by atoms with Crippen LogP contribution in [-0.2, 0) is 0 Å². The largest absolute Gasteiger partial charge is 0.309 e. The lowest BCUT2D eigenvalue weighted by molar-refractivity contribution is 0.185. The Kier molecular flexibility index (Phi) is 22.1. The van der Waals surface area contributed by atoms with Crippen LogP contribution in [-0.4, -0.2) is 25.5 Å². The third-order valence-electron chi connectivity index (χ3n) is 7.15. The predicted octanol–water partition coefficient (Wildman–Crippen LogP) is 10.2. The first-order valence-corrected chi connectivity index (χ1v) is 14.2. The molecule has 0 amide bonds. The molecular formula is C29H61N. The molecule has 0 aliphatic rings. The van der Waals surface area contributed by atoms with Gasteiger partial charge in [-0.3, -0.25) is 0 Å². The third-order valence-corrected chi connectivity index (χ3v) is 7.15. The fraction of sp³-hybridized carbons (Fsp3) is 1.00. The molecule has 0 bridgehead atoms. The fourth-order valence-electron chi connectivity index (χ4n) is 5.57. The highest BCUT2D eigenvalue weighted by molar-refractivity contribution is 4.78. The van der Waals surface area contributed by atoms with E-state index in [0.717, 1.165) is 0 Å². The second-order valence-corrected chi connectivity index (χ2v) is 10.6. The smallest absolute Gasteiger partial charge is 0.00248 e. The minimum Gasteiger partial charge on any atom is -0.309 e. The molecule has 0 aromatic carbocycles. The summed E-state index contributed by atoms with van der Waals surface area (Å²) in [7, 11) is 4.36. The van der Waals surface area contributed by atoms with E-state index < -0.39 is 0 Å². The topological polar surface area (TPSA) is 3.24 Å². The first-order valence-electron chi connectivity index (χ1n) is 14.2. The van der Waals surface area contributed by atoms with E-state index in [0.29, 0.717) is 5.41 Å². The van der Waals surface area contributed by atoms with Gasteiger partial charge in [0.1, 0.15) is 0 Å². The molecule has 0 aromatic rings. The first-order chi connectivity index (χ1) is 14.6. The molecule has 0 aliphatic carbocycles. The van der Waals surface area contributed by atoms with E-state index in [2.05, 4.69) is 39.8 Å². The Balaban J connectivity index is 3.43. The zero-order chi connectivity index (χ0) is 22.3. The molecule has 1 heteroatoms. The molecule has 0 fully saturated rings. The van der Waals surface area contributed by atoms with Gasteiger partial charge in [0.15, 0.2) is 0 Å². The van der Waals surface area contributed by atoms with Gasteiger partial charge in [-0.05, 0) is 58.2 Å². The maximum absolute atomic E-state index is 2.38. The Morgan fingerprint density at radius 2 is 0.700 bits per heavy atom. The maximum Gasteiger partial charge on any atom is -0.00248 e. The summed E-state index contributed by atoms with van der Waals surface area (Å²) in [6.45, 7) is 8.41. The number of hydrogen-bond acceptors (Lipinski definition) is 1. The monoisotopic (exact) mass is 423 g/mol. The second-order valence-electron chi connectivity index (χ2n) is 10.6. The summed E-state index contributed by atoms with van der Waals surface area (Å²) in [5.41, 5.74) is 0.685. The van der Waals surface area contributed by atoms with Crippen molar-refractivity contribution in [1.82, 2.24) is 4.90 Å². The van der Waals surface area contributed by atoms with Crippen LogP contribution in [0.5, 0.6) is 0 Å². The number of nitrogens with zero attached hydrogens (tertiary/aromatic N) is 1. The van der Waals surface area contributed by atoms with E-state index in [1.165, 1.54) is 148 Å². The standard InChI is InChI=1S/C29H61N/c1-6-24-29(25-7-2,26-8-3)27-22-20-18-16-14-12-10-9-11-13-15-17-19-21-23-28-30(4)5/h6-28H2,1-5H3. The van der Waals surface area contributed by atoms with Gasteiger partial charge in [-0.15, -0.1) is 0 Å². The van der Waals surface area contributed by atoms with Crippen molar-refractivity contribution in [2.75, 3.05) is 20.6 Å². The molecule has 0 N–H and O–H groups in total. The Morgan fingerprint density at radius 3 is 1.00 bits per heavy atom. The van der Waals surface area contributed by atoms with Gasteiger partial charge in [-0.1, -0.05) is 130 Å². The van der Waals surface area contributed by atoms with Crippen molar-refractivity contribution in [2.24, 2.45) is 5.41 Å². The van der Waals surface area contributed by atoms with Crippen molar-refractivity contribution in [3.63, 3.8) is 0 Å². The molecule has 0 saturated heterocycles. The molecule has 0 rings (SSSR count). The average Bonchev–Trinajstić information content (AvgIpc) is 2.70. The number of unbranched alkanes of at least 4 members (excludes halogenated alkanes) is 14. The molecule has 30 heavy (non-hydrogen) atoms. The summed E-state index contributed by atoms with van der Waals surface area (Å²) in [5, 5.41) is 0. The van der Waals surface area contributed by atoms with Gasteiger partial charge >= 0.3 is 0 Å². The highest BCUT2D eigenvalue weighted by Crippen LogP contribution is 2.40. The molecule has 1 nitrogen and oxygen atoms in total. The van der Waals surface area contributed by atoms with Gasteiger partial charge in [0.2, 0.25) is 0 Å². The van der Waals surface area contributed by atoms with Crippen molar-refractivity contribution in [2.45, 2.75) is 162 Å². The lowest BCUT2D eigenvalue weighted by atomic mass is 9.72. The lowest BCUT2D eigenvalue weighted by Gasteiger charge is -2.34. The predicted molar refractivity (Wildman–Crippen MR) is 140 cm³/mol. The summed E-state index contributed by atoms with van der Waals surface area (Å²) < 4.78 is 0. The summed E-state index contributed by atoms with van der Waals surface area (Å²) in [5.74, 6) is 0. The van der Waals surface area contributed by atoms with Crippen molar-refractivity contribution < 1.29 is 0 Å². The van der Waals surface area contributed by atoms with E-state index in [1.807, 2.05) is 0 Å². The zero-order valence-corrected chi connectivity index (χ0v) is 22.2. The maximum atomic E-state index is 2.38. The summed E-state index contributed by atoms with van der Waals surface area (Å²) in [6, 6.07) is 0. The van der Waals surface area contributed by atoms with Gasteiger partial charge in [0.25, 0.3) is 0 Å². The molecule has 0 aliphatic heterocycles. The quantitative estimate of drug-likeness (QED) is 0.139. The Bertz CT molecular complexity index is 305. The van der Waals surface area contributed by atoms with Crippen LogP contribution in [0.3, 0.4) is 0 Å². The average molecular weight is 424 g/mol. The molecule has 0 radical (unpaired) electrons. The van der Waals surface area contributed by atoms with Crippen LogP contribution in [0, 0.1) is 5.41 Å². The van der Waals surface area contributed by atoms with E-state index >= 15 is 0 Å². The van der Waals surface area contributed by atoms with Crippen LogP contribution >= 0.6 is 0 Å². The zero-order valence-electron chi connectivity index (χ0n) is 22.2. The molecule has 0 unspecified atom stereocenters. The van der Waals surface area contributed by atoms with Crippen LogP contribution in [0.15, 0.2) is 0 Å². The molecular weight excluding hydrogens is 362 g/mol. The first kappa shape index (κ1) is 30.0. The molecule has 0 atom stereocenters. The van der Waals surface area contributed by atoms with Gasteiger partial charge in [-0.2, -0.15) is 0 Å². The van der Waals surface area contributed by atoms with Gasteiger partial charge in [0, 0.05) is 0 Å². The van der Waals surface area contributed by atoms with Crippen LogP contribution in [0.2, 0.25) is 0 Å². The van der Waals surface area contributed by atoms with Crippen LogP contribution < -0.4 is 0 Å². The van der Waals surface area contributed by atoms with Crippen LogP contribution in [0.25, 0.3) is 0 Å². The molecule has 0 spiro atoms. The van der Waals surface area contributed by atoms with Gasteiger partial charge < -0.3 is 4.90 Å². The Hall–Kier alpha value is -0.0400. The summed E-state index contributed by atoms with van der Waals surface area (Å²) >= 11 is 0. The van der Waals surface area contributed by atoms with Crippen molar-refractivity contribution in [3.8, 4) is 0 Å². The van der Waals surface area contributed by atoms with E-state index in [-0.39, 0.29) is 0 Å². The minimum absolute atomic E-state index is 0.685. The number of hydrogen-bond donors (Lipinski definition) is 0. The SMILES string of the molecule is CCCC(CCC)(CCC)CCCCCCCCCCCCCCCCCN(C)C. The highest BCUT2D eigenvalue weighted by Gasteiger charge is 2.26. The third kappa shape index (κ3) is 18.7. The molecule has 0 saturated carbocycles. The fourth-order valence-corrected chi connectivity index (χ4v) is 5.57. The summed E-state index contributed by atoms with van der Waals surface area (Å²) in [6.07, 6.45) is 32.0. The molecule has 182 valence electrons. The van der Waals surface area contributed by atoms with Gasteiger partial charge in [0.05, 0.1) is 0 Å². The number of rotatable bonds is 24. The second kappa shape index (κ2) is 22.2.